The van der Waals surface area contributed by atoms with Crippen LogP contribution in [0.25, 0.3) is 10.8 Å². The van der Waals surface area contributed by atoms with Gasteiger partial charge in [-0.2, -0.15) is 10.1 Å². The molecule has 0 bridgehead atoms. The van der Waals surface area contributed by atoms with Crippen LogP contribution in [-0.2, 0) is 16.4 Å². The summed E-state index contributed by atoms with van der Waals surface area (Å²) in [5, 5.41) is 8.38. The molecule has 0 spiro atoms. The number of aromatic amines is 1. The molecular formula is C24H23N7O2S. The molecule has 0 fully saturated rings. The molecule has 1 aromatic heterocycles. The Labute approximate surface area is 196 Å². The van der Waals surface area contributed by atoms with Crippen molar-refractivity contribution >= 4 is 38.3 Å². The highest BCUT2D eigenvalue weighted by atomic mass is 32.2. The molecule has 4 aromatic rings. The van der Waals surface area contributed by atoms with E-state index in [1.807, 2.05) is 54.6 Å². The largest absolute Gasteiger partial charge is 0.369 e. The number of anilines is 1. The van der Waals surface area contributed by atoms with Crippen molar-refractivity contribution in [2.75, 3.05) is 10.8 Å². The van der Waals surface area contributed by atoms with Gasteiger partial charge >= 0.3 is 0 Å². The molecule has 0 amide bonds. The number of H-pyrrole nitrogens is 1. The zero-order chi connectivity index (χ0) is 23.4. The fourth-order valence-electron chi connectivity index (χ4n) is 4.96. The molecule has 2 unspecified atom stereocenters. The summed E-state index contributed by atoms with van der Waals surface area (Å²) in [6.07, 6.45) is 1.61. The van der Waals surface area contributed by atoms with E-state index in [0.717, 1.165) is 16.5 Å². The van der Waals surface area contributed by atoms with Crippen molar-refractivity contribution in [1.82, 2.24) is 15.1 Å². The van der Waals surface area contributed by atoms with E-state index >= 15 is 0 Å². The zero-order valence-electron chi connectivity index (χ0n) is 18.2. The van der Waals surface area contributed by atoms with Crippen molar-refractivity contribution in [2.24, 2.45) is 16.5 Å². The van der Waals surface area contributed by atoms with Crippen LogP contribution in [-0.4, -0.2) is 42.1 Å². The van der Waals surface area contributed by atoms with Gasteiger partial charge in [-0.25, -0.2) is 8.42 Å². The van der Waals surface area contributed by atoms with Crippen LogP contribution in [0.4, 0.5) is 11.5 Å². The highest BCUT2D eigenvalue weighted by Gasteiger charge is 2.40. The lowest BCUT2D eigenvalue weighted by molar-refractivity contribution is 0.233. The van der Waals surface area contributed by atoms with Gasteiger partial charge in [0.1, 0.15) is 6.17 Å². The quantitative estimate of drug-likeness (QED) is 0.419. The van der Waals surface area contributed by atoms with Crippen molar-refractivity contribution in [3.05, 3.63) is 84.1 Å². The molecule has 34 heavy (non-hydrogen) atoms. The van der Waals surface area contributed by atoms with Crippen molar-refractivity contribution in [2.45, 2.75) is 23.5 Å². The number of sulfonamides is 1. The van der Waals surface area contributed by atoms with Crippen molar-refractivity contribution in [1.29, 1.82) is 0 Å². The van der Waals surface area contributed by atoms with Gasteiger partial charge in [-0.15, -0.1) is 0 Å². The predicted molar refractivity (Wildman–Crippen MR) is 131 cm³/mol. The first kappa shape index (κ1) is 20.7. The van der Waals surface area contributed by atoms with E-state index < -0.39 is 16.2 Å². The molecule has 10 heteroatoms. The molecule has 0 radical (unpaired) electrons. The fourth-order valence-corrected chi connectivity index (χ4v) is 6.72. The molecular weight excluding hydrogens is 450 g/mol. The lowest BCUT2D eigenvalue weighted by Crippen LogP contribution is -2.57. The molecule has 0 saturated heterocycles. The molecule has 0 aliphatic carbocycles. The smallest absolute Gasteiger partial charge is 0.265 e. The van der Waals surface area contributed by atoms with Gasteiger partial charge in [0.25, 0.3) is 10.0 Å². The van der Waals surface area contributed by atoms with Gasteiger partial charge in [0.05, 0.1) is 34.9 Å². The first-order valence-electron chi connectivity index (χ1n) is 10.9. The summed E-state index contributed by atoms with van der Waals surface area (Å²) in [5.74, 6) is 0.758. The summed E-state index contributed by atoms with van der Waals surface area (Å²) in [7, 11) is -3.89. The van der Waals surface area contributed by atoms with Crippen molar-refractivity contribution in [3.63, 3.8) is 0 Å². The van der Waals surface area contributed by atoms with E-state index in [9.17, 15) is 8.42 Å². The molecule has 5 N–H and O–H groups in total. The van der Waals surface area contributed by atoms with E-state index in [2.05, 4.69) is 15.2 Å². The molecule has 2 aliphatic heterocycles. The average Bonchev–Trinajstić information content (AvgIpc) is 3.32. The number of para-hydroxylation sites is 1. The van der Waals surface area contributed by atoms with Gasteiger partial charge in [-0.05, 0) is 29.5 Å². The van der Waals surface area contributed by atoms with Gasteiger partial charge in [0.2, 0.25) is 0 Å². The number of nitrogens with one attached hydrogen (secondary N) is 1. The minimum Gasteiger partial charge on any atom is -0.369 e. The maximum Gasteiger partial charge on any atom is 0.265 e. The number of benzene rings is 3. The van der Waals surface area contributed by atoms with Gasteiger partial charge < -0.3 is 16.4 Å². The number of aliphatic imine (C=N–C) groups is 1. The minimum absolute atomic E-state index is 0.180. The maximum absolute atomic E-state index is 14.1. The summed E-state index contributed by atoms with van der Waals surface area (Å²) >= 11 is 0. The first-order chi connectivity index (χ1) is 16.4. The van der Waals surface area contributed by atoms with Crippen LogP contribution in [0.15, 0.2) is 82.8 Å². The average molecular weight is 474 g/mol. The summed E-state index contributed by atoms with van der Waals surface area (Å²) in [5.41, 5.74) is 15.2. The lowest BCUT2D eigenvalue weighted by atomic mass is 9.97. The number of guanidine groups is 1. The van der Waals surface area contributed by atoms with Crippen LogP contribution in [0.2, 0.25) is 0 Å². The first-order valence-corrected chi connectivity index (χ1v) is 12.4. The van der Waals surface area contributed by atoms with Crippen LogP contribution in [0, 0.1) is 0 Å². The highest BCUT2D eigenvalue weighted by molar-refractivity contribution is 7.93. The molecule has 3 heterocycles. The summed E-state index contributed by atoms with van der Waals surface area (Å²) in [6, 6.07) is 20.1. The number of nitrogens with two attached hydrogens (primary N) is 2. The SMILES string of the molecule is NC1=Nc2[nH]ncc2C(N)N1C1Cc2ccccc2N(S(=O)(=O)c2cccc3ccccc23)C1. The van der Waals surface area contributed by atoms with E-state index in [1.54, 1.807) is 23.2 Å². The number of rotatable bonds is 3. The Bertz CT molecular complexity index is 1540. The van der Waals surface area contributed by atoms with Crippen LogP contribution in [0.1, 0.15) is 17.3 Å². The monoisotopic (exact) mass is 473 g/mol. The Morgan fingerprint density at radius 3 is 2.65 bits per heavy atom. The standard InChI is InChI=1S/C24H23N7O2S/c25-22-19-13-27-29-23(19)28-24(26)31(22)17-12-16-7-2-4-10-20(16)30(14-17)34(32,33)21-11-5-8-15-6-1-3-9-18(15)21/h1-11,13,17,22H,12,14,25H2,(H3,26,27,28,29). The van der Waals surface area contributed by atoms with Crippen LogP contribution >= 0.6 is 0 Å². The second-order valence-electron chi connectivity index (χ2n) is 8.50. The molecule has 2 atom stereocenters. The number of hydrogen-bond acceptors (Lipinski definition) is 7. The van der Waals surface area contributed by atoms with E-state index in [1.165, 1.54) is 4.31 Å². The summed E-state index contributed by atoms with van der Waals surface area (Å²) < 4.78 is 29.7. The molecule has 2 aliphatic rings. The highest BCUT2D eigenvalue weighted by Crippen LogP contribution is 2.38. The second kappa shape index (κ2) is 7.57. The van der Waals surface area contributed by atoms with E-state index in [0.29, 0.717) is 23.3 Å². The predicted octanol–water partition coefficient (Wildman–Crippen LogP) is 2.60. The van der Waals surface area contributed by atoms with Crippen molar-refractivity contribution < 1.29 is 8.42 Å². The van der Waals surface area contributed by atoms with Gasteiger partial charge in [-0.1, -0.05) is 54.6 Å². The number of hydrogen-bond donors (Lipinski definition) is 3. The molecule has 0 saturated carbocycles. The Hall–Kier alpha value is -3.89. The van der Waals surface area contributed by atoms with Crippen LogP contribution in [0.3, 0.4) is 0 Å². The normalized spacial score (nSPS) is 20.1. The fraction of sp³-hybridized carbons (Fsp3) is 0.167. The van der Waals surface area contributed by atoms with Gasteiger partial charge in [0.15, 0.2) is 11.8 Å². The minimum atomic E-state index is -3.89. The number of fused-ring (bicyclic) bond motifs is 3. The Morgan fingerprint density at radius 2 is 1.76 bits per heavy atom. The molecule has 6 rings (SSSR count). The zero-order valence-corrected chi connectivity index (χ0v) is 19.0. The Kier molecular flexibility index (Phi) is 4.61. The van der Waals surface area contributed by atoms with Gasteiger partial charge in [-0.3, -0.25) is 9.40 Å². The van der Waals surface area contributed by atoms with Crippen LogP contribution in [0.5, 0.6) is 0 Å². The lowest BCUT2D eigenvalue weighted by Gasteiger charge is -2.44. The Balaban J connectivity index is 1.46. The number of nitrogens with zero attached hydrogens (tertiary/aromatic N) is 4. The summed E-state index contributed by atoms with van der Waals surface area (Å²) in [6.45, 7) is 0.180. The second-order valence-corrected chi connectivity index (χ2v) is 10.3. The third-order valence-corrected chi connectivity index (χ3v) is 8.40. The van der Waals surface area contributed by atoms with Gasteiger partial charge in [0, 0.05) is 5.39 Å². The maximum atomic E-state index is 14.1. The Morgan fingerprint density at radius 1 is 1.00 bits per heavy atom. The molecule has 9 nitrogen and oxygen atoms in total. The van der Waals surface area contributed by atoms with Crippen molar-refractivity contribution in [3.8, 4) is 0 Å². The number of aromatic nitrogens is 2. The van der Waals surface area contributed by atoms with E-state index in [4.69, 9.17) is 11.5 Å². The third kappa shape index (κ3) is 3.06. The van der Waals surface area contributed by atoms with E-state index in [-0.39, 0.29) is 23.4 Å². The summed E-state index contributed by atoms with van der Waals surface area (Å²) in [4.78, 5) is 6.47. The molecule has 172 valence electrons. The van der Waals surface area contributed by atoms with Crippen LogP contribution < -0.4 is 15.8 Å². The topological polar surface area (TPSA) is 134 Å². The third-order valence-electron chi connectivity index (χ3n) is 6.56. The molecule has 3 aromatic carbocycles.